The molecule has 10 nitrogen and oxygen atoms in total. The van der Waals surface area contributed by atoms with Crippen molar-refractivity contribution in [2.24, 2.45) is 0 Å². The number of alkyl halides is 3. The highest BCUT2D eigenvalue weighted by Crippen LogP contribution is 2.43. The number of carbonyl (C=O) groups is 1. The molecule has 50 heavy (non-hydrogen) atoms. The van der Waals surface area contributed by atoms with Gasteiger partial charge in [0.1, 0.15) is 24.3 Å². The Morgan fingerprint density at radius 2 is 1.90 bits per heavy atom. The van der Waals surface area contributed by atoms with Crippen LogP contribution in [0.15, 0.2) is 46.7 Å². The maximum Gasteiger partial charge on any atom is 0.418 e. The Morgan fingerprint density at radius 3 is 2.58 bits per heavy atom. The van der Waals surface area contributed by atoms with Gasteiger partial charge in [-0.05, 0) is 50.1 Å². The van der Waals surface area contributed by atoms with Crippen LogP contribution in [0.5, 0.6) is 5.75 Å². The first-order valence-electron chi connectivity index (χ1n) is 15.9. The third kappa shape index (κ3) is 6.14. The van der Waals surface area contributed by atoms with Crippen LogP contribution in [0.2, 0.25) is 5.02 Å². The molecule has 4 heterocycles. The Labute approximate surface area is 293 Å². The fourth-order valence-electron chi connectivity index (χ4n) is 6.63. The Bertz CT molecular complexity index is 2250. The van der Waals surface area contributed by atoms with E-state index in [1.807, 2.05) is 6.07 Å². The van der Waals surface area contributed by atoms with Crippen molar-refractivity contribution in [2.45, 2.75) is 38.5 Å². The van der Waals surface area contributed by atoms with Crippen LogP contribution in [0, 0.1) is 18.3 Å². The summed E-state index contributed by atoms with van der Waals surface area (Å²) >= 11 is 7.71. The second-order valence-electron chi connectivity index (χ2n) is 12.2. The summed E-state index contributed by atoms with van der Waals surface area (Å²) in [6.07, 6.45) is -1.02. The maximum absolute atomic E-state index is 14.5. The number of anilines is 1. The molecule has 0 bridgehead atoms. The zero-order valence-corrected chi connectivity index (χ0v) is 28.6. The van der Waals surface area contributed by atoms with Crippen LogP contribution in [-0.4, -0.2) is 71.3 Å². The molecular weight excluding hydrogens is 693 g/mol. The summed E-state index contributed by atoms with van der Waals surface area (Å²) in [6, 6.07) is 10.1. The lowest BCUT2D eigenvalue weighted by molar-refractivity contribution is -0.137. The molecule has 7 rings (SSSR count). The monoisotopic (exact) mass is 722 g/mol. The number of hydrogen-bond donors (Lipinski definition) is 0. The second kappa shape index (κ2) is 13.2. The average Bonchev–Trinajstić information content (AvgIpc) is 3.86. The highest BCUT2D eigenvalue weighted by molar-refractivity contribution is 7.18. The lowest BCUT2D eigenvalue weighted by atomic mass is 10.00. The number of rotatable bonds is 8. The number of esters is 1. The largest absolute Gasteiger partial charge is 0.491 e. The summed E-state index contributed by atoms with van der Waals surface area (Å²) in [6.45, 7) is 3.28. The fourth-order valence-corrected chi connectivity index (χ4v) is 7.83. The summed E-state index contributed by atoms with van der Waals surface area (Å²) in [5.74, 6) is 0.107. The quantitative estimate of drug-likeness (QED) is 0.162. The minimum absolute atomic E-state index is 0.00575. The van der Waals surface area contributed by atoms with Crippen molar-refractivity contribution < 1.29 is 27.4 Å². The number of halogens is 4. The van der Waals surface area contributed by atoms with Crippen LogP contribution in [0.3, 0.4) is 0 Å². The molecule has 0 amide bonds. The number of benzene rings is 2. The number of aryl methyl sites for hydroxylation is 1. The van der Waals surface area contributed by atoms with Gasteiger partial charge in [-0.2, -0.15) is 18.4 Å². The van der Waals surface area contributed by atoms with Crippen LogP contribution in [0.1, 0.15) is 40.2 Å². The number of carbonyl (C=O) groups excluding carboxylic acids is 1. The smallest absolute Gasteiger partial charge is 0.418 e. The van der Waals surface area contributed by atoms with Gasteiger partial charge in [-0.3, -0.25) is 19.2 Å². The van der Waals surface area contributed by atoms with Gasteiger partial charge < -0.3 is 14.4 Å². The molecule has 0 N–H and O–H groups in total. The molecule has 0 unspecified atom stereocenters. The number of aromatic nitrogens is 3. The molecule has 0 atom stereocenters. The van der Waals surface area contributed by atoms with Gasteiger partial charge in [0, 0.05) is 59.9 Å². The van der Waals surface area contributed by atoms with E-state index in [-0.39, 0.29) is 41.1 Å². The third-order valence-electron chi connectivity index (χ3n) is 9.19. The summed E-state index contributed by atoms with van der Waals surface area (Å²) in [5, 5.41) is 12.2. The zero-order valence-electron chi connectivity index (χ0n) is 27.0. The number of nitriles is 1. The number of nitrogens with zero attached hydrogens (tertiary/aromatic N) is 6. The molecule has 1 saturated carbocycles. The molecule has 15 heteroatoms. The van der Waals surface area contributed by atoms with Gasteiger partial charge in [-0.1, -0.05) is 11.6 Å². The van der Waals surface area contributed by atoms with E-state index in [4.69, 9.17) is 21.1 Å². The van der Waals surface area contributed by atoms with E-state index in [1.54, 1.807) is 40.7 Å². The number of methoxy groups -OCH3 is 1. The number of piperazine rings is 1. The summed E-state index contributed by atoms with van der Waals surface area (Å²) in [5.41, 5.74) is -0.226. The van der Waals surface area contributed by atoms with E-state index in [0.29, 0.717) is 59.6 Å². The van der Waals surface area contributed by atoms with E-state index in [9.17, 15) is 28.0 Å². The van der Waals surface area contributed by atoms with E-state index in [1.165, 1.54) is 29.9 Å². The zero-order chi connectivity index (χ0) is 35.3. The molecule has 2 aromatic carbocycles. The summed E-state index contributed by atoms with van der Waals surface area (Å²) < 4.78 is 56.6. The first-order valence-corrected chi connectivity index (χ1v) is 17.2. The molecule has 1 aliphatic heterocycles. The van der Waals surface area contributed by atoms with Crippen molar-refractivity contribution >= 4 is 55.7 Å². The lowest BCUT2D eigenvalue weighted by Gasteiger charge is -2.37. The predicted molar refractivity (Wildman–Crippen MR) is 184 cm³/mol. The van der Waals surface area contributed by atoms with Crippen LogP contribution < -0.4 is 15.2 Å². The lowest BCUT2D eigenvalue weighted by Crippen LogP contribution is -2.48. The molecule has 5 aromatic rings. The number of thiophene rings is 1. The number of ether oxygens (including phenoxy) is 2. The van der Waals surface area contributed by atoms with E-state index in [0.717, 1.165) is 29.2 Å². The molecule has 2 fully saturated rings. The van der Waals surface area contributed by atoms with Gasteiger partial charge in [0.25, 0.3) is 5.56 Å². The van der Waals surface area contributed by atoms with Crippen LogP contribution in [-0.2, 0) is 17.5 Å². The van der Waals surface area contributed by atoms with Crippen LogP contribution >= 0.6 is 22.9 Å². The Kier molecular flexibility index (Phi) is 8.92. The molecule has 3 aromatic heterocycles. The highest BCUT2D eigenvalue weighted by Gasteiger charge is 2.40. The van der Waals surface area contributed by atoms with Crippen LogP contribution in [0.4, 0.5) is 18.9 Å². The van der Waals surface area contributed by atoms with Crippen molar-refractivity contribution in [1.29, 1.82) is 5.26 Å². The molecule has 0 radical (unpaired) electrons. The van der Waals surface area contributed by atoms with Gasteiger partial charge in [0.05, 0.1) is 57.2 Å². The predicted octanol–water partition coefficient (Wildman–Crippen LogP) is 6.68. The van der Waals surface area contributed by atoms with E-state index in [2.05, 4.69) is 14.9 Å². The first-order chi connectivity index (χ1) is 24.0. The van der Waals surface area contributed by atoms with Crippen molar-refractivity contribution in [2.75, 3.05) is 44.8 Å². The minimum Gasteiger partial charge on any atom is -0.491 e. The van der Waals surface area contributed by atoms with Gasteiger partial charge >= 0.3 is 12.1 Å². The number of pyridine rings is 1. The van der Waals surface area contributed by atoms with Crippen molar-refractivity contribution in [3.8, 4) is 22.9 Å². The van der Waals surface area contributed by atoms with E-state index < -0.39 is 23.3 Å². The normalized spacial score (nSPS) is 15.4. The van der Waals surface area contributed by atoms with Crippen molar-refractivity contribution in [1.82, 2.24) is 19.4 Å². The topological polar surface area (TPSA) is 114 Å². The van der Waals surface area contributed by atoms with Crippen LogP contribution in [0.25, 0.3) is 32.2 Å². The number of hydrogen-bond acceptors (Lipinski definition) is 10. The minimum atomic E-state index is -4.76. The SMILES string of the molecule is COC(=O)c1csc2c(-c3cc(Cl)ccc3OCCn3c(C)nc4cc(C(F)(F)F)c(N5CCN(C6CC6)CC5)c(C#N)c4c3=O)ccnc12. The molecule has 0 spiro atoms. The fraction of sp³-hybridized carbons (Fsp3) is 0.343. The Balaban J connectivity index is 1.22. The van der Waals surface area contributed by atoms with Crippen molar-refractivity contribution in [3.63, 3.8) is 0 Å². The molecular formula is C35H30ClF3N6O4S. The highest BCUT2D eigenvalue weighted by atomic mass is 35.5. The number of fused-ring (bicyclic) bond motifs is 2. The van der Waals surface area contributed by atoms with E-state index >= 15 is 0 Å². The standard InChI is InChI=1S/C35H30ClF3N6O4S/c1-19-42-27-16-26(35(37,38)39)31(44-11-9-43(10-12-44)21-4-5-21)24(17-40)29(27)33(46)45(19)13-14-49-28-6-3-20(36)15-23(28)22-7-8-41-30-25(34(47)48-2)18-50-32(22)30/h3,6-8,15-16,18,21H,4-5,9-14H2,1-2H3. The summed E-state index contributed by atoms with van der Waals surface area (Å²) in [7, 11) is 1.30. The molecule has 258 valence electrons. The van der Waals surface area contributed by atoms with Gasteiger partial charge in [-0.15, -0.1) is 11.3 Å². The molecule has 1 aliphatic carbocycles. The second-order valence-corrected chi connectivity index (χ2v) is 13.5. The Hall–Kier alpha value is -4.71. The Morgan fingerprint density at radius 1 is 1.14 bits per heavy atom. The summed E-state index contributed by atoms with van der Waals surface area (Å²) in [4.78, 5) is 38.9. The van der Waals surface area contributed by atoms with Gasteiger partial charge in [-0.25, -0.2) is 9.78 Å². The average molecular weight is 723 g/mol. The molecule has 1 saturated heterocycles. The maximum atomic E-state index is 14.5. The first kappa shape index (κ1) is 33.8. The van der Waals surface area contributed by atoms with Crippen molar-refractivity contribution in [3.05, 3.63) is 79.8 Å². The van der Waals surface area contributed by atoms with Gasteiger partial charge in [0.15, 0.2) is 0 Å². The third-order valence-corrected chi connectivity index (χ3v) is 10.4. The molecule has 2 aliphatic rings. The van der Waals surface area contributed by atoms with Gasteiger partial charge in [0.2, 0.25) is 0 Å².